The number of carbonyl (C=O) groups excluding carboxylic acids is 1. The summed E-state index contributed by atoms with van der Waals surface area (Å²) >= 11 is 0. The fourth-order valence-electron chi connectivity index (χ4n) is 2.18. The predicted octanol–water partition coefficient (Wildman–Crippen LogP) is 2.15. The van der Waals surface area contributed by atoms with Crippen molar-refractivity contribution >= 4 is 5.97 Å². The van der Waals surface area contributed by atoms with Gasteiger partial charge < -0.3 is 9.84 Å². The number of rotatable bonds is 2. The number of aryl methyl sites for hydroxylation is 1. The highest BCUT2D eigenvalue weighted by Crippen LogP contribution is 2.34. The third kappa shape index (κ3) is 2.25. The predicted molar refractivity (Wildman–Crippen MR) is 60.6 cm³/mol. The van der Waals surface area contributed by atoms with Gasteiger partial charge in [-0.15, -0.1) is 0 Å². The van der Waals surface area contributed by atoms with Crippen molar-refractivity contribution in [1.29, 1.82) is 0 Å². The minimum Gasteiger partial charge on any atom is -0.508 e. The van der Waals surface area contributed by atoms with E-state index in [4.69, 9.17) is 4.74 Å². The van der Waals surface area contributed by atoms with Gasteiger partial charge in [-0.05, 0) is 43.0 Å². The Hall–Kier alpha value is -1.58. The lowest BCUT2D eigenvalue weighted by Crippen LogP contribution is -2.41. The van der Waals surface area contributed by atoms with Crippen LogP contribution in [0.1, 0.15) is 24.5 Å². The van der Waals surface area contributed by atoms with E-state index >= 15 is 0 Å². The molecule has 92 valence electrons. The Morgan fingerprint density at radius 1 is 1.53 bits per heavy atom. The summed E-state index contributed by atoms with van der Waals surface area (Å²) in [6.45, 7) is 1.85. The van der Waals surface area contributed by atoms with Gasteiger partial charge >= 0.3 is 5.97 Å². The zero-order chi connectivity index (χ0) is 12.5. The van der Waals surface area contributed by atoms with Crippen LogP contribution in [0.5, 0.6) is 5.75 Å². The lowest BCUT2D eigenvalue weighted by molar-refractivity contribution is -0.158. The first-order valence-corrected chi connectivity index (χ1v) is 5.72. The Morgan fingerprint density at radius 2 is 2.29 bits per heavy atom. The average molecular weight is 238 g/mol. The molecule has 0 heterocycles. The molecule has 4 heteroatoms. The largest absolute Gasteiger partial charge is 0.508 e. The molecule has 0 amide bonds. The Bertz CT molecular complexity index is 444. The molecule has 0 fully saturated rings. The molecule has 0 bridgehead atoms. The molecule has 1 atom stereocenters. The van der Waals surface area contributed by atoms with Crippen LogP contribution in [-0.4, -0.2) is 23.4 Å². The van der Waals surface area contributed by atoms with Gasteiger partial charge in [-0.3, -0.25) is 0 Å². The number of alkyl halides is 1. The fourth-order valence-corrected chi connectivity index (χ4v) is 2.18. The van der Waals surface area contributed by atoms with Gasteiger partial charge in [-0.25, -0.2) is 9.18 Å². The van der Waals surface area contributed by atoms with Gasteiger partial charge in [-0.1, -0.05) is 6.07 Å². The lowest BCUT2D eigenvalue weighted by atomic mass is 9.81. The second-order valence-corrected chi connectivity index (χ2v) is 4.32. The van der Waals surface area contributed by atoms with E-state index in [1.807, 2.05) is 0 Å². The number of hydrogen-bond acceptors (Lipinski definition) is 3. The van der Waals surface area contributed by atoms with Gasteiger partial charge in [0.15, 0.2) is 0 Å². The van der Waals surface area contributed by atoms with E-state index in [2.05, 4.69) is 0 Å². The molecule has 1 aliphatic carbocycles. The first-order valence-electron chi connectivity index (χ1n) is 5.72. The molecule has 2 rings (SSSR count). The Labute approximate surface area is 99.2 Å². The minimum atomic E-state index is -1.92. The van der Waals surface area contributed by atoms with Crippen LogP contribution < -0.4 is 0 Å². The number of aromatic hydroxyl groups is 1. The number of phenolic OH excluding ortho intramolecular Hbond substituents is 1. The highest BCUT2D eigenvalue weighted by molar-refractivity contribution is 5.80. The molecular formula is C13H15FO3. The van der Waals surface area contributed by atoms with Gasteiger partial charge in [0.25, 0.3) is 0 Å². The molecule has 0 aromatic heterocycles. The minimum absolute atomic E-state index is 0.0292. The van der Waals surface area contributed by atoms with E-state index < -0.39 is 11.6 Å². The molecule has 3 nitrogen and oxygen atoms in total. The number of fused-ring (bicyclic) bond motifs is 1. The van der Waals surface area contributed by atoms with Gasteiger partial charge in [0.2, 0.25) is 5.67 Å². The number of esters is 1. The van der Waals surface area contributed by atoms with Crippen molar-refractivity contribution in [3.8, 4) is 5.75 Å². The molecule has 1 N–H and O–H groups in total. The van der Waals surface area contributed by atoms with E-state index in [1.54, 1.807) is 19.1 Å². The quantitative estimate of drug-likeness (QED) is 0.803. The SMILES string of the molecule is CCOC(=O)C1(F)CCc2cc(O)ccc2C1. The number of carbonyl (C=O) groups is 1. The van der Waals surface area contributed by atoms with Crippen LogP contribution >= 0.6 is 0 Å². The monoisotopic (exact) mass is 238 g/mol. The highest BCUT2D eigenvalue weighted by Gasteiger charge is 2.43. The molecule has 0 radical (unpaired) electrons. The van der Waals surface area contributed by atoms with Crippen molar-refractivity contribution in [1.82, 2.24) is 0 Å². The third-order valence-electron chi connectivity index (χ3n) is 3.09. The summed E-state index contributed by atoms with van der Waals surface area (Å²) in [7, 11) is 0. The summed E-state index contributed by atoms with van der Waals surface area (Å²) in [5.41, 5.74) is -0.243. The summed E-state index contributed by atoms with van der Waals surface area (Å²) < 4.78 is 19.2. The molecule has 17 heavy (non-hydrogen) atoms. The van der Waals surface area contributed by atoms with Gasteiger partial charge in [0, 0.05) is 6.42 Å². The molecule has 1 aromatic carbocycles. The highest BCUT2D eigenvalue weighted by atomic mass is 19.1. The van der Waals surface area contributed by atoms with E-state index in [0.717, 1.165) is 11.1 Å². The number of benzene rings is 1. The van der Waals surface area contributed by atoms with Gasteiger partial charge in [-0.2, -0.15) is 0 Å². The van der Waals surface area contributed by atoms with Crippen molar-refractivity contribution in [2.24, 2.45) is 0 Å². The van der Waals surface area contributed by atoms with E-state index in [9.17, 15) is 14.3 Å². The lowest BCUT2D eigenvalue weighted by Gasteiger charge is -2.29. The van der Waals surface area contributed by atoms with Crippen molar-refractivity contribution in [2.75, 3.05) is 6.61 Å². The maximum Gasteiger partial charge on any atom is 0.344 e. The van der Waals surface area contributed by atoms with Crippen LogP contribution in [0, 0.1) is 0 Å². The molecule has 0 saturated heterocycles. The second kappa shape index (κ2) is 4.35. The van der Waals surface area contributed by atoms with Crippen LogP contribution in [-0.2, 0) is 22.4 Å². The number of ether oxygens (including phenoxy) is 1. The summed E-state index contributed by atoms with van der Waals surface area (Å²) in [4.78, 5) is 11.5. The maximum absolute atomic E-state index is 14.4. The number of halogens is 1. The molecule has 1 aromatic rings. The van der Waals surface area contributed by atoms with Crippen LogP contribution in [0.15, 0.2) is 18.2 Å². The van der Waals surface area contributed by atoms with Crippen molar-refractivity contribution in [2.45, 2.75) is 31.9 Å². The molecule has 0 spiro atoms. The molecule has 0 aliphatic heterocycles. The molecule has 1 unspecified atom stereocenters. The summed E-state index contributed by atoms with van der Waals surface area (Å²) in [6.07, 6.45) is 0.586. The first-order chi connectivity index (χ1) is 8.05. The van der Waals surface area contributed by atoms with Crippen molar-refractivity contribution < 1.29 is 19.0 Å². The van der Waals surface area contributed by atoms with Gasteiger partial charge in [0.1, 0.15) is 5.75 Å². The van der Waals surface area contributed by atoms with Crippen LogP contribution in [0.3, 0.4) is 0 Å². The summed E-state index contributed by atoms with van der Waals surface area (Å²) in [5, 5.41) is 9.33. The Kier molecular flexibility index (Phi) is 3.05. The average Bonchev–Trinajstić information content (AvgIpc) is 2.30. The van der Waals surface area contributed by atoms with E-state index in [1.165, 1.54) is 6.07 Å². The van der Waals surface area contributed by atoms with E-state index in [0.29, 0.717) is 6.42 Å². The molecule has 1 aliphatic rings. The normalized spacial score (nSPS) is 22.9. The van der Waals surface area contributed by atoms with Crippen molar-refractivity contribution in [3.05, 3.63) is 29.3 Å². The number of hydrogen-bond donors (Lipinski definition) is 1. The first kappa shape index (κ1) is 11.9. The summed E-state index contributed by atoms with van der Waals surface area (Å²) in [6, 6.07) is 4.80. The second-order valence-electron chi connectivity index (χ2n) is 4.32. The zero-order valence-corrected chi connectivity index (χ0v) is 9.70. The van der Waals surface area contributed by atoms with Crippen LogP contribution in [0.25, 0.3) is 0 Å². The van der Waals surface area contributed by atoms with Gasteiger partial charge in [0.05, 0.1) is 6.61 Å². The Morgan fingerprint density at radius 3 is 3.00 bits per heavy atom. The van der Waals surface area contributed by atoms with Crippen LogP contribution in [0.2, 0.25) is 0 Å². The zero-order valence-electron chi connectivity index (χ0n) is 9.70. The van der Waals surface area contributed by atoms with E-state index in [-0.39, 0.29) is 25.2 Å². The Balaban J connectivity index is 2.23. The maximum atomic E-state index is 14.4. The number of phenols is 1. The van der Waals surface area contributed by atoms with Crippen molar-refractivity contribution in [3.63, 3.8) is 0 Å². The fraction of sp³-hybridized carbons (Fsp3) is 0.462. The smallest absolute Gasteiger partial charge is 0.344 e. The third-order valence-corrected chi connectivity index (χ3v) is 3.09. The standard InChI is InChI=1S/C13H15FO3/c1-2-17-12(16)13(14)6-5-9-7-11(15)4-3-10(9)8-13/h3-4,7,15H,2,5-6,8H2,1H3. The topological polar surface area (TPSA) is 46.5 Å². The molecular weight excluding hydrogens is 223 g/mol. The molecule has 0 saturated carbocycles. The summed E-state index contributed by atoms with van der Waals surface area (Å²) in [5.74, 6) is -0.607. The van der Waals surface area contributed by atoms with Crippen LogP contribution in [0.4, 0.5) is 4.39 Å².